The Labute approximate surface area is 103 Å². The molecule has 18 heavy (non-hydrogen) atoms. The predicted molar refractivity (Wildman–Crippen MR) is 60.4 cm³/mol. The summed E-state index contributed by atoms with van der Waals surface area (Å²) in [4.78, 5) is 22.3. The van der Waals surface area contributed by atoms with Crippen molar-refractivity contribution in [1.82, 2.24) is 31.3 Å². The van der Waals surface area contributed by atoms with Crippen molar-refractivity contribution in [2.45, 2.75) is 20.4 Å². The number of urea groups is 1. The van der Waals surface area contributed by atoms with Crippen molar-refractivity contribution in [1.29, 1.82) is 0 Å². The van der Waals surface area contributed by atoms with Crippen LogP contribution < -0.4 is 10.6 Å². The molecular formula is C9H16N6O3. The van der Waals surface area contributed by atoms with Gasteiger partial charge in [0.25, 0.3) is 0 Å². The number of carbonyl (C=O) groups excluding carboxylic acids is 1. The highest BCUT2D eigenvalue weighted by Crippen LogP contribution is 2.09. The Morgan fingerprint density at radius 3 is 2.61 bits per heavy atom. The average molecular weight is 256 g/mol. The normalized spacial score (nSPS) is 12.2. The quantitative estimate of drug-likeness (QED) is 0.535. The molecule has 1 atom stereocenters. The maximum absolute atomic E-state index is 11.4. The van der Waals surface area contributed by atoms with E-state index in [9.17, 15) is 9.59 Å². The number of aromatic amines is 1. The van der Waals surface area contributed by atoms with E-state index in [0.29, 0.717) is 5.82 Å². The fraction of sp³-hybridized carbons (Fsp3) is 0.667. The number of carboxylic acids is 1. The van der Waals surface area contributed by atoms with Crippen LogP contribution in [0.2, 0.25) is 0 Å². The first-order chi connectivity index (χ1) is 8.50. The van der Waals surface area contributed by atoms with Crippen LogP contribution in [0.25, 0.3) is 0 Å². The van der Waals surface area contributed by atoms with E-state index >= 15 is 0 Å². The number of rotatable bonds is 6. The third-order valence-electron chi connectivity index (χ3n) is 2.40. The summed E-state index contributed by atoms with van der Waals surface area (Å²) in [7, 11) is 0. The molecule has 0 saturated carbocycles. The molecule has 100 valence electrons. The van der Waals surface area contributed by atoms with Crippen molar-refractivity contribution >= 4 is 12.0 Å². The summed E-state index contributed by atoms with van der Waals surface area (Å²) in [6, 6.07) is -0.466. The summed E-state index contributed by atoms with van der Waals surface area (Å²) in [5.74, 6) is -1.24. The van der Waals surface area contributed by atoms with Crippen molar-refractivity contribution in [3.05, 3.63) is 5.82 Å². The van der Waals surface area contributed by atoms with Gasteiger partial charge in [0.15, 0.2) is 5.82 Å². The predicted octanol–water partition coefficient (Wildman–Crippen LogP) is -0.644. The molecule has 0 fully saturated rings. The van der Waals surface area contributed by atoms with Crippen LogP contribution in [0.15, 0.2) is 0 Å². The third kappa shape index (κ3) is 4.36. The van der Waals surface area contributed by atoms with E-state index in [1.54, 1.807) is 13.8 Å². The lowest BCUT2D eigenvalue weighted by Crippen LogP contribution is -2.41. The molecule has 1 aromatic heterocycles. The van der Waals surface area contributed by atoms with E-state index in [1.807, 2.05) is 0 Å². The van der Waals surface area contributed by atoms with Gasteiger partial charge in [-0.3, -0.25) is 4.79 Å². The molecule has 0 radical (unpaired) electrons. The summed E-state index contributed by atoms with van der Waals surface area (Å²) in [5.41, 5.74) is 0. The number of aliphatic carboxylic acids is 1. The standard InChI is InChI=1S/C9H16N6O3/c1-5(2)6(8(16)17)3-10-9(18)11-4-7-12-14-15-13-7/h5-6H,3-4H2,1-2H3,(H,16,17)(H2,10,11,18)(H,12,13,14,15). The fourth-order valence-corrected chi connectivity index (χ4v) is 1.29. The van der Waals surface area contributed by atoms with Crippen molar-refractivity contribution in [3.8, 4) is 0 Å². The molecule has 1 heterocycles. The number of H-pyrrole nitrogens is 1. The molecule has 9 nitrogen and oxygen atoms in total. The maximum Gasteiger partial charge on any atom is 0.315 e. The zero-order chi connectivity index (χ0) is 13.5. The second kappa shape index (κ2) is 6.52. The van der Waals surface area contributed by atoms with Gasteiger partial charge in [0, 0.05) is 6.54 Å². The van der Waals surface area contributed by atoms with E-state index in [2.05, 4.69) is 31.3 Å². The average Bonchev–Trinajstić information content (AvgIpc) is 2.78. The molecule has 0 aliphatic rings. The van der Waals surface area contributed by atoms with Crippen LogP contribution in [-0.2, 0) is 11.3 Å². The summed E-state index contributed by atoms with van der Waals surface area (Å²) in [5, 5.41) is 26.8. The smallest absolute Gasteiger partial charge is 0.315 e. The van der Waals surface area contributed by atoms with Gasteiger partial charge in [-0.25, -0.2) is 4.79 Å². The first-order valence-electron chi connectivity index (χ1n) is 5.47. The molecule has 0 aromatic carbocycles. The molecule has 9 heteroatoms. The van der Waals surface area contributed by atoms with Gasteiger partial charge in [0.1, 0.15) is 0 Å². The van der Waals surface area contributed by atoms with E-state index < -0.39 is 17.9 Å². The van der Waals surface area contributed by atoms with Crippen molar-refractivity contribution in [2.75, 3.05) is 6.54 Å². The lowest BCUT2D eigenvalue weighted by atomic mass is 9.96. The van der Waals surface area contributed by atoms with E-state index in [1.165, 1.54) is 0 Å². The Kier molecular flexibility index (Phi) is 5.03. The Hall–Kier alpha value is -2.19. The second-order valence-corrected chi connectivity index (χ2v) is 4.08. The SMILES string of the molecule is CC(C)C(CNC(=O)NCc1nn[nH]n1)C(=O)O. The number of tetrazole rings is 1. The molecule has 1 unspecified atom stereocenters. The van der Waals surface area contributed by atoms with Crippen molar-refractivity contribution in [3.63, 3.8) is 0 Å². The number of amides is 2. The summed E-state index contributed by atoms with van der Waals surface area (Å²) in [6.45, 7) is 3.78. The molecule has 0 aliphatic heterocycles. The first kappa shape index (κ1) is 13.9. The maximum atomic E-state index is 11.4. The highest BCUT2D eigenvalue weighted by molar-refractivity contribution is 5.75. The monoisotopic (exact) mass is 256 g/mol. The summed E-state index contributed by atoms with van der Waals surface area (Å²) in [6.07, 6.45) is 0. The lowest BCUT2D eigenvalue weighted by Gasteiger charge is -2.16. The van der Waals surface area contributed by atoms with Gasteiger partial charge < -0.3 is 15.7 Å². The minimum Gasteiger partial charge on any atom is -0.481 e. The first-order valence-corrected chi connectivity index (χ1v) is 5.47. The van der Waals surface area contributed by atoms with E-state index in [0.717, 1.165) is 0 Å². The van der Waals surface area contributed by atoms with Crippen molar-refractivity contribution < 1.29 is 14.7 Å². The molecule has 0 spiro atoms. The van der Waals surface area contributed by atoms with Crippen LogP contribution in [0.5, 0.6) is 0 Å². The Morgan fingerprint density at radius 2 is 2.11 bits per heavy atom. The van der Waals surface area contributed by atoms with Gasteiger partial charge in [-0.2, -0.15) is 5.21 Å². The number of carboxylic acid groups (broad SMARTS) is 1. The molecule has 0 saturated heterocycles. The molecule has 1 rings (SSSR count). The van der Waals surface area contributed by atoms with E-state index in [-0.39, 0.29) is 19.0 Å². The highest BCUT2D eigenvalue weighted by Gasteiger charge is 2.21. The van der Waals surface area contributed by atoms with Crippen LogP contribution in [0, 0.1) is 11.8 Å². The van der Waals surface area contributed by atoms with Gasteiger partial charge in [-0.1, -0.05) is 19.1 Å². The van der Waals surface area contributed by atoms with Gasteiger partial charge in [-0.15, -0.1) is 10.2 Å². The molecule has 0 aliphatic carbocycles. The number of nitrogens with zero attached hydrogens (tertiary/aromatic N) is 3. The second-order valence-electron chi connectivity index (χ2n) is 4.08. The van der Waals surface area contributed by atoms with Crippen LogP contribution in [0.1, 0.15) is 19.7 Å². The fourth-order valence-electron chi connectivity index (χ4n) is 1.29. The number of hydrogen-bond donors (Lipinski definition) is 4. The van der Waals surface area contributed by atoms with Crippen LogP contribution >= 0.6 is 0 Å². The molecule has 4 N–H and O–H groups in total. The Bertz CT molecular complexity index is 391. The van der Waals surface area contributed by atoms with Gasteiger partial charge >= 0.3 is 12.0 Å². The van der Waals surface area contributed by atoms with Gasteiger partial charge in [0.2, 0.25) is 0 Å². The van der Waals surface area contributed by atoms with Crippen LogP contribution in [0.4, 0.5) is 4.79 Å². The highest BCUT2D eigenvalue weighted by atomic mass is 16.4. The van der Waals surface area contributed by atoms with E-state index in [4.69, 9.17) is 5.11 Å². The minimum atomic E-state index is -0.927. The Balaban J connectivity index is 2.29. The minimum absolute atomic E-state index is 0.0555. The third-order valence-corrected chi connectivity index (χ3v) is 2.40. The lowest BCUT2D eigenvalue weighted by molar-refractivity contribution is -0.142. The number of carbonyl (C=O) groups is 2. The molecule has 1 aromatic rings. The number of aromatic nitrogens is 4. The van der Waals surface area contributed by atoms with Gasteiger partial charge in [-0.05, 0) is 5.92 Å². The number of nitrogens with one attached hydrogen (secondary N) is 3. The van der Waals surface area contributed by atoms with Gasteiger partial charge in [0.05, 0.1) is 12.5 Å². The summed E-state index contributed by atoms with van der Waals surface area (Å²) < 4.78 is 0. The largest absolute Gasteiger partial charge is 0.481 e. The van der Waals surface area contributed by atoms with Crippen molar-refractivity contribution in [2.24, 2.45) is 11.8 Å². The van der Waals surface area contributed by atoms with Crippen LogP contribution in [-0.4, -0.2) is 44.3 Å². The molecular weight excluding hydrogens is 240 g/mol. The number of hydrogen-bond acceptors (Lipinski definition) is 5. The molecule has 0 bridgehead atoms. The topological polar surface area (TPSA) is 133 Å². The zero-order valence-electron chi connectivity index (χ0n) is 10.2. The molecule has 2 amide bonds. The summed E-state index contributed by atoms with van der Waals surface area (Å²) >= 11 is 0. The Morgan fingerprint density at radius 1 is 1.39 bits per heavy atom. The zero-order valence-corrected chi connectivity index (χ0v) is 10.2. The van der Waals surface area contributed by atoms with Crippen LogP contribution in [0.3, 0.4) is 0 Å².